The van der Waals surface area contributed by atoms with E-state index < -0.39 is 0 Å². The van der Waals surface area contributed by atoms with Crippen LogP contribution in [0.1, 0.15) is 33.6 Å². The number of amides is 1. The van der Waals surface area contributed by atoms with E-state index in [0.29, 0.717) is 6.42 Å². The quantitative estimate of drug-likeness (QED) is 0.277. The van der Waals surface area contributed by atoms with Crippen molar-refractivity contribution in [3.05, 3.63) is 0 Å². The van der Waals surface area contributed by atoms with Crippen molar-refractivity contribution >= 4 is 11.7 Å². The van der Waals surface area contributed by atoms with Gasteiger partial charge in [-0.1, -0.05) is 25.9 Å². The Morgan fingerprint density at radius 1 is 1.73 bits per heavy atom. The van der Waals surface area contributed by atoms with Gasteiger partial charge in [0.25, 0.3) is 0 Å². The fourth-order valence-electron chi connectivity index (χ4n) is 1.64. The first-order valence-corrected chi connectivity index (χ1v) is 5.20. The molecule has 0 aromatic carbocycles. The summed E-state index contributed by atoms with van der Waals surface area (Å²) in [7, 11) is 0. The number of carbonyl (C=O) groups excluding carboxylic acids is 1. The second kappa shape index (κ2) is 4.08. The summed E-state index contributed by atoms with van der Waals surface area (Å²) in [6, 6.07) is -0.362. The standard InChI is InChI=1S/C10H19N3O2/c1-4-7(8(11)13-15)12-9(14)6-5-10(6,2)3/h6-7,15H,4-5H2,1-3H3,(H2,11,13)(H,12,14). The molecule has 0 saturated heterocycles. The molecule has 0 aromatic rings. The molecular weight excluding hydrogens is 194 g/mol. The topological polar surface area (TPSA) is 87.7 Å². The van der Waals surface area contributed by atoms with Gasteiger partial charge in [0.15, 0.2) is 5.84 Å². The van der Waals surface area contributed by atoms with Crippen LogP contribution in [0.2, 0.25) is 0 Å². The zero-order valence-corrected chi connectivity index (χ0v) is 9.45. The second-order valence-electron chi connectivity index (χ2n) is 4.74. The van der Waals surface area contributed by atoms with E-state index in [4.69, 9.17) is 10.9 Å². The first-order chi connectivity index (χ1) is 6.92. The lowest BCUT2D eigenvalue weighted by molar-refractivity contribution is -0.123. The van der Waals surface area contributed by atoms with Gasteiger partial charge >= 0.3 is 0 Å². The summed E-state index contributed by atoms with van der Waals surface area (Å²) in [5.74, 6) is 0.126. The molecule has 2 unspecified atom stereocenters. The molecule has 1 fully saturated rings. The molecule has 0 bridgehead atoms. The summed E-state index contributed by atoms with van der Waals surface area (Å²) >= 11 is 0. The van der Waals surface area contributed by atoms with Crippen LogP contribution in [-0.2, 0) is 4.79 Å². The van der Waals surface area contributed by atoms with E-state index in [1.807, 2.05) is 6.92 Å². The van der Waals surface area contributed by atoms with Crippen LogP contribution >= 0.6 is 0 Å². The largest absolute Gasteiger partial charge is 0.409 e. The van der Waals surface area contributed by atoms with E-state index in [0.717, 1.165) is 6.42 Å². The SMILES string of the molecule is CCC(NC(=O)C1CC1(C)C)C(N)=NO. The molecule has 1 aliphatic rings. The molecule has 0 heterocycles. The van der Waals surface area contributed by atoms with Crippen LogP contribution in [0.25, 0.3) is 0 Å². The van der Waals surface area contributed by atoms with Gasteiger partial charge in [-0.25, -0.2) is 0 Å². The van der Waals surface area contributed by atoms with Gasteiger partial charge in [-0.2, -0.15) is 0 Å². The number of nitrogens with two attached hydrogens (primary N) is 1. The molecule has 0 spiro atoms. The maximum atomic E-state index is 11.7. The van der Waals surface area contributed by atoms with Gasteiger partial charge < -0.3 is 16.3 Å². The molecule has 1 rings (SSSR count). The number of nitrogens with one attached hydrogen (secondary N) is 1. The van der Waals surface area contributed by atoms with Gasteiger partial charge in [-0.15, -0.1) is 0 Å². The van der Waals surface area contributed by atoms with Crippen molar-refractivity contribution in [3.63, 3.8) is 0 Å². The monoisotopic (exact) mass is 213 g/mol. The minimum Gasteiger partial charge on any atom is -0.409 e. The van der Waals surface area contributed by atoms with E-state index in [9.17, 15) is 4.79 Å². The van der Waals surface area contributed by atoms with E-state index in [-0.39, 0.29) is 29.1 Å². The lowest BCUT2D eigenvalue weighted by Gasteiger charge is -2.15. The van der Waals surface area contributed by atoms with Crippen molar-refractivity contribution in [2.75, 3.05) is 0 Å². The predicted molar refractivity (Wildman–Crippen MR) is 57.5 cm³/mol. The molecule has 2 atom stereocenters. The highest BCUT2D eigenvalue weighted by molar-refractivity contribution is 5.91. The van der Waals surface area contributed by atoms with Crippen molar-refractivity contribution in [1.82, 2.24) is 5.32 Å². The zero-order valence-electron chi connectivity index (χ0n) is 9.45. The molecule has 15 heavy (non-hydrogen) atoms. The highest BCUT2D eigenvalue weighted by atomic mass is 16.4. The van der Waals surface area contributed by atoms with Gasteiger partial charge in [0.1, 0.15) is 0 Å². The number of amidine groups is 1. The van der Waals surface area contributed by atoms with Gasteiger partial charge in [-0.3, -0.25) is 4.79 Å². The third kappa shape index (κ3) is 2.61. The summed E-state index contributed by atoms with van der Waals surface area (Å²) in [5.41, 5.74) is 5.55. The Morgan fingerprint density at radius 3 is 2.60 bits per heavy atom. The molecule has 1 amide bonds. The molecule has 1 aliphatic carbocycles. The average molecular weight is 213 g/mol. The summed E-state index contributed by atoms with van der Waals surface area (Å²) in [4.78, 5) is 11.7. The number of oxime groups is 1. The van der Waals surface area contributed by atoms with Crippen molar-refractivity contribution in [3.8, 4) is 0 Å². The number of carbonyl (C=O) groups is 1. The van der Waals surface area contributed by atoms with Crippen molar-refractivity contribution < 1.29 is 10.0 Å². The second-order valence-corrected chi connectivity index (χ2v) is 4.74. The van der Waals surface area contributed by atoms with Crippen LogP contribution in [0.3, 0.4) is 0 Å². The maximum Gasteiger partial charge on any atom is 0.224 e. The van der Waals surface area contributed by atoms with Crippen molar-refractivity contribution in [1.29, 1.82) is 0 Å². The third-order valence-corrected chi connectivity index (χ3v) is 3.03. The highest BCUT2D eigenvalue weighted by Crippen LogP contribution is 2.51. The van der Waals surface area contributed by atoms with E-state index in [1.165, 1.54) is 0 Å². The molecule has 0 aliphatic heterocycles. The maximum absolute atomic E-state index is 11.7. The van der Waals surface area contributed by atoms with E-state index >= 15 is 0 Å². The smallest absolute Gasteiger partial charge is 0.224 e. The Bertz CT molecular complexity index is 286. The Hall–Kier alpha value is -1.26. The zero-order chi connectivity index (χ0) is 11.6. The number of nitrogens with zero attached hydrogens (tertiary/aromatic N) is 1. The first kappa shape index (κ1) is 11.8. The minimum absolute atomic E-state index is 0.00144. The number of hydrogen-bond donors (Lipinski definition) is 3. The highest BCUT2D eigenvalue weighted by Gasteiger charge is 2.50. The van der Waals surface area contributed by atoms with E-state index in [1.54, 1.807) is 0 Å². The molecule has 4 N–H and O–H groups in total. The van der Waals surface area contributed by atoms with E-state index in [2.05, 4.69) is 24.3 Å². The molecule has 1 saturated carbocycles. The Balaban J connectivity index is 2.50. The summed E-state index contributed by atoms with van der Waals surface area (Å²) in [5, 5.41) is 14.2. The summed E-state index contributed by atoms with van der Waals surface area (Å²) in [6.45, 7) is 5.99. The number of rotatable bonds is 4. The third-order valence-electron chi connectivity index (χ3n) is 3.03. The summed E-state index contributed by atoms with van der Waals surface area (Å²) in [6.07, 6.45) is 1.53. The van der Waals surface area contributed by atoms with Crippen LogP contribution in [0, 0.1) is 11.3 Å². The number of hydrogen-bond acceptors (Lipinski definition) is 3. The van der Waals surface area contributed by atoms with Crippen LogP contribution in [0.4, 0.5) is 0 Å². The van der Waals surface area contributed by atoms with Crippen LogP contribution in [-0.4, -0.2) is 23.0 Å². The lowest BCUT2D eigenvalue weighted by atomic mass is 10.1. The van der Waals surface area contributed by atoms with Crippen LogP contribution in [0.15, 0.2) is 5.16 Å². The molecule has 86 valence electrons. The average Bonchev–Trinajstić information content (AvgIpc) is 2.82. The molecule has 0 radical (unpaired) electrons. The van der Waals surface area contributed by atoms with Gasteiger partial charge in [0, 0.05) is 5.92 Å². The fourth-order valence-corrected chi connectivity index (χ4v) is 1.64. The van der Waals surface area contributed by atoms with Gasteiger partial charge in [0.05, 0.1) is 6.04 Å². The predicted octanol–water partition coefficient (Wildman–Crippen LogP) is 0.674. The normalized spacial score (nSPS) is 25.8. The molecule has 5 nitrogen and oxygen atoms in total. The minimum atomic E-state index is -0.362. The van der Waals surface area contributed by atoms with Gasteiger partial charge in [0.2, 0.25) is 5.91 Å². The van der Waals surface area contributed by atoms with Crippen LogP contribution in [0.5, 0.6) is 0 Å². The fraction of sp³-hybridized carbons (Fsp3) is 0.800. The molecule has 0 aromatic heterocycles. The van der Waals surface area contributed by atoms with Gasteiger partial charge in [-0.05, 0) is 18.3 Å². The van der Waals surface area contributed by atoms with Crippen LogP contribution < -0.4 is 11.1 Å². The first-order valence-electron chi connectivity index (χ1n) is 5.20. The molecular formula is C10H19N3O2. The Morgan fingerprint density at radius 2 is 2.27 bits per heavy atom. The van der Waals surface area contributed by atoms with Crippen molar-refractivity contribution in [2.45, 2.75) is 39.7 Å². The Kier molecular flexibility index (Phi) is 3.21. The Labute approximate surface area is 89.7 Å². The molecule has 5 heteroatoms. The van der Waals surface area contributed by atoms with Crippen molar-refractivity contribution in [2.24, 2.45) is 22.2 Å². The lowest BCUT2D eigenvalue weighted by Crippen LogP contribution is -2.45. The summed E-state index contributed by atoms with van der Waals surface area (Å²) < 4.78 is 0.